The number of carbonyl (C=O) groups excluding carboxylic acids is 1. The summed E-state index contributed by atoms with van der Waals surface area (Å²) in [6.45, 7) is 9.35. The maximum Gasteiger partial charge on any atom is 0.257 e. The second kappa shape index (κ2) is 13.2. The van der Waals surface area contributed by atoms with Gasteiger partial charge in [0.05, 0.1) is 5.69 Å². The molecule has 0 bridgehead atoms. The van der Waals surface area contributed by atoms with Crippen LogP contribution in [0.2, 0.25) is 0 Å². The standard InChI is InChI=1S/C22H34N6O2.HI/c1-7-24-21(29)14-30-19-10-8-9-18(12-19)13-25-22(23-5)26-15(2)11-20-16(3)27-28(6)17(20)4;/h8-10,12,15H,7,11,13-14H2,1-6H3,(H,24,29)(H2,23,25,26);1H. The molecule has 0 saturated heterocycles. The van der Waals surface area contributed by atoms with E-state index < -0.39 is 0 Å². The monoisotopic (exact) mass is 542 g/mol. The number of halogens is 1. The van der Waals surface area contributed by atoms with Crippen molar-refractivity contribution in [1.82, 2.24) is 25.7 Å². The molecular formula is C22H35IN6O2. The van der Waals surface area contributed by atoms with Crippen LogP contribution in [0, 0.1) is 13.8 Å². The van der Waals surface area contributed by atoms with Crippen molar-refractivity contribution < 1.29 is 9.53 Å². The lowest BCUT2D eigenvalue weighted by Gasteiger charge is -2.18. The van der Waals surface area contributed by atoms with E-state index in [4.69, 9.17) is 4.74 Å². The van der Waals surface area contributed by atoms with Gasteiger partial charge in [0.1, 0.15) is 5.75 Å². The Morgan fingerprint density at radius 3 is 2.65 bits per heavy atom. The number of aromatic nitrogens is 2. The van der Waals surface area contributed by atoms with E-state index in [0.717, 1.165) is 23.6 Å². The molecule has 0 aliphatic carbocycles. The number of nitrogens with zero attached hydrogens (tertiary/aromatic N) is 3. The summed E-state index contributed by atoms with van der Waals surface area (Å²) in [5, 5.41) is 14.0. The van der Waals surface area contributed by atoms with Crippen molar-refractivity contribution in [3.05, 3.63) is 46.8 Å². The van der Waals surface area contributed by atoms with E-state index in [1.165, 1.54) is 11.3 Å². The smallest absolute Gasteiger partial charge is 0.257 e. The Morgan fingerprint density at radius 1 is 1.29 bits per heavy atom. The normalized spacial score (nSPS) is 12.0. The molecular weight excluding hydrogens is 507 g/mol. The summed E-state index contributed by atoms with van der Waals surface area (Å²) in [6, 6.07) is 7.88. The van der Waals surface area contributed by atoms with Crippen LogP contribution >= 0.6 is 24.0 Å². The van der Waals surface area contributed by atoms with Crippen molar-refractivity contribution in [2.24, 2.45) is 12.0 Å². The van der Waals surface area contributed by atoms with Gasteiger partial charge in [0, 0.05) is 38.9 Å². The molecule has 1 aromatic heterocycles. The predicted molar refractivity (Wildman–Crippen MR) is 135 cm³/mol. The maximum absolute atomic E-state index is 11.6. The number of aliphatic imine (C=N–C) groups is 1. The predicted octanol–water partition coefficient (Wildman–Crippen LogP) is 2.47. The fourth-order valence-electron chi connectivity index (χ4n) is 3.23. The zero-order valence-corrected chi connectivity index (χ0v) is 21.6. The first-order valence-corrected chi connectivity index (χ1v) is 10.3. The van der Waals surface area contributed by atoms with Crippen LogP contribution in [-0.4, -0.2) is 47.9 Å². The number of likely N-dealkylation sites (N-methyl/N-ethyl adjacent to an activating group) is 1. The molecule has 1 unspecified atom stereocenters. The average molecular weight is 542 g/mol. The molecule has 31 heavy (non-hydrogen) atoms. The quantitative estimate of drug-likeness (QED) is 0.257. The molecule has 0 saturated carbocycles. The Labute approximate surface area is 202 Å². The van der Waals surface area contributed by atoms with E-state index in [2.05, 4.69) is 39.9 Å². The molecule has 2 aromatic rings. The number of amides is 1. The van der Waals surface area contributed by atoms with Gasteiger partial charge in [-0.25, -0.2) is 0 Å². The highest BCUT2D eigenvalue weighted by Crippen LogP contribution is 2.15. The highest BCUT2D eigenvalue weighted by Gasteiger charge is 2.14. The van der Waals surface area contributed by atoms with Crippen molar-refractivity contribution in [1.29, 1.82) is 0 Å². The van der Waals surface area contributed by atoms with Gasteiger partial charge in [-0.1, -0.05) is 12.1 Å². The molecule has 2 rings (SSSR count). The van der Waals surface area contributed by atoms with Crippen LogP contribution < -0.4 is 20.7 Å². The molecule has 0 aliphatic rings. The minimum Gasteiger partial charge on any atom is -0.484 e. The summed E-state index contributed by atoms with van der Waals surface area (Å²) < 4.78 is 7.48. The van der Waals surface area contributed by atoms with Crippen LogP contribution in [0.15, 0.2) is 29.3 Å². The molecule has 0 aliphatic heterocycles. The molecule has 3 N–H and O–H groups in total. The van der Waals surface area contributed by atoms with Gasteiger partial charge in [-0.3, -0.25) is 14.5 Å². The molecule has 1 amide bonds. The minimum atomic E-state index is -0.126. The highest BCUT2D eigenvalue weighted by atomic mass is 127. The van der Waals surface area contributed by atoms with Gasteiger partial charge in [-0.2, -0.15) is 5.10 Å². The first-order valence-electron chi connectivity index (χ1n) is 10.3. The number of hydrogen-bond acceptors (Lipinski definition) is 4. The second-order valence-corrected chi connectivity index (χ2v) is 7.34. The van der Waals surface area contributed by atoms with E-state index in [1.54, 1.807) is 7.05 Å². The molecule has 1 heterocycles. The fourth-order valence-corrected chi connectivity index (χ4v) is 3.23. The number of nitrogens with one attached hydrogen (secondary N) is 3. The van der Waals surface area contributed by atoms with E-state index in [9.17, 15) is 4.79 Å². The third-order valence-electron chi connectivity index (χ3n) is 4.88. The third-order valence-corrected chi connectivity index (χ3v) is 4.88. The highest BCUT2D eigenvalue weighted by molar-refractivity contribution is 14.0. The van der Waals surface area contributed by atoms with Crippen LogP contribution in [0.5, 0.6) is 5.75 Å². The summed E-state index contributed by atoms with van der Waals surface area (Å²) in [5.41, 5.74) is 4.56. The van der Waals surface area contributed by atoms with Gasteiger partial charge in [-0.15, -0.1) is 24.0 Å². The van der Waals surface area contributed by atoms with Crippen molar-refractivity contribution in [3.8, 4) is 5.75 Å². The number of guanidine groups is 1. The SMILES string of the molecule is CCNC(=O)COc1cccc(CNC(=NC)NC(C)Cc2c(C)nn(C)c2C)c1.I. The van der Waals surface area contributed by atoms with E-state index in [0.29, 0.717) is 18.8 Å². The Bertz CT molecular complexity index is 881. The van der Waals surface area contributed by atoms with E-state index >= 15 is 0 Å². The first-order chi connectivity index (χ1) is 14.3. The number of rotatable bonds is 9. The zero-order chi connectivity index (χ0) is 22.1. The van der Waals surface area contributed by atoms with Gasteiger partial charge in [0.25, 0.3) is 5.91 Å². The molecule has 1 atom stereocenters. The summed E-state index contributed by atoms with van der Waals surface area (Å²) in [4.78, 5) is 15.9. The van der Waals surface area contributed by atoms with Gasteiger partial charge in [0.2, 0.25) is 0 Å². The van der Waals surface area contributed by atoms with Gasteiger partial charge in [0.15, 0.2) is 12.6 Å². The Balaban J connectivity index is 0.00000480. The zero-order valence-electron chi connectivity index (χ0n) is 19.3. The molecule has 8 nitrogen and oxygen atoms in total. The average Bonchev–Trinajstić information content (AvgIpc) is 2.96. The molecule has 172 valence electrons. The lowest BCUT2D eigenvalue weighted by Crippen LogP contribution is -2.42. The second-order valence-electron chi connectivity index (χ2n) is 7.34. The van der Waals surface area contributed by atoms with Crippen LogP contribution in [0.25, 0.3) is 0 Å². The topological polar surface area (TPSA) is 92.6 Å². The van der Waals surface area contributed by atoms with E-state index in [1.807, 2.05) is 49.8 Å². The lowest BCUT2D eigenvalue weighted by atomic mass is 10.1. The number of ether oxygens (including phenoxy) is 1. The molecule has 9 heteroatoms. The summed E-state index contributed by atoms with van der Waals surface area (Å²) in [5.74, 6) is 1.27. The molecule has 0 fully saturated rings. The van der Waals surface area contributed by atoms with Gasteiger partial charge >= 0.3 is 0 Å². The minimum absolute atomic E-state index is 0. The van der Waals surface area contributed by atoms with Crippen molar-refractivity contribution >= 4 is 35.8 Å². The number of aryl methyl sites for hydroxylation is 2. The molecule has 1 aromatic carbocycles. The third kappa shape index (κ3) is 8.39. The summed E-state index contributed by atoms with van der Waals surface area (Å²) >= 11 is 0. The Hall–Kier alpha value is -2.30. The first kappa shape index (κ1) is 26.7. The van der Waals surface area contributed by atoms with Crippen LogP contribution in [0.1, 0.15) is 36.4 Å². The number of benzene rings is 1. The van der Waals surface area contributed by atoms with Crippen LogP contribution in [0.3, 0.4) is 0 Å². The van der Waals surface area contributed by atoms with Crippen LogP contribution in [0.4, 0.5) is 0 Å². The van der Waals surface area contributed by atoms with Crippen molar-refractivity contribution in [2.75, 3.05) is 20.2 Å². The number of carbonyl (C=O) groups is 1. The van der Waals surface area contributed by atoms with E-state index in [-0.39, 0.29) is 42.5 Å². The Kier molecular flexibility index (Phi) is 11.4. The fraction of sp³-hybridized carbons (Fsp3) is 0.500. The maximum atomic E-state index is 11.6. The summed E-state index contributed by atoms with van der Waals surface area (Å²) in [7, 11) is 3.73. The lowest BCUT2D eigenvalue weighted by molar-refractivity contribution is -0.122. The van der Waals surface area contributed by atoms with Gasteiger partial charge < -0.3 is 20.7 Å². The largest absolute Gasteiger partial charge is 0.484 e. The Morgan fingerprint density at radius 2 is 2.03 bits per heavy atom. The number of hydrogen-bond donors (Lipinski definition) is 3. The van der Waals surface area contributed by atoms with Crippen molar-refractivity contribution in [2.45, 2.75) is 46.7 Å². The van der Waals surface area contributed by atoms with Gasteiger partial charge in [-0.05, 0) is 57.4 Å². The molecule has 0 spiro atoms. The van der Waals surface area contributed by atoms with Crippen LogP contribution in [-0.2, 0) is 24.8 Å². The summed E-state index contributed by atoms with van der Waals surface area (Å²) in [6.07, 6.45) is 0.870. The molecule has 0 radical (unpaired) electrons. The van der Waals surface area contributed by atoms with Crippen molar-refractivity contribution in [3.63, 3.8) is 0 Å².